The lowest BCUT2D eigenvalue weighted by molar-refractivity contribution is 0.0531. The molecule has 0 aromatic carbocycles. The average Bonchev–Trinajstić information content (AvgIpc) is 1.83. The fourth-order valence-corrected chi connectivity index (χ4v) is 0.645. The average molecular weight is 138 g/mol. The second-order valence-corrected chi connectivity index (χ2v) is 1.68. The summed E-state index contributed by atoms with van der Waals surface area (Å²) in [4.78, 5) is 2.50. The first-order valence-corrected chi connectivity index (χ1v) is 3.20. The van der Waals surface area contributed by atoms with Gasteiger partial charge in [0.2, 0.25) is 0 Å². The first-order valence-electron chi connectivity index (χ1n) is 2.82. The summed E-state index contributed by atoms with van der Waals surface area (Å²) in [6.07, 6.45) is 0.916. The molecule has 3 heteroatoms. The normalized spacial score (nSPS) is 13.9. The third-order valence-corrected chi connectivity index (χ3v) is 1.10. The fraction of sp³-hybridized carbons (Fsp3) is 1.00. The van der Waals surface area contributed by atoms with Crippen LogP contribution in [0, 0.1) is 0 Å². The van der Waals surface area contributed by atoms with Crippen molar-refractivity contribution < 1.29 is 4.74 Å². The summed E-state index contributed by atoms with van der Waals surface area (Å²) in [5.74, 6) is 0. The topological polar surface area (TPSA) is 21.3 Å². The highest BCUT2D eigenvalue weighted by Crippen LogP contribution is 1.92. The van der Waals surface area contributed by atoms with Crippen LogP contribution in [-0.4, -0.2) is 12.8 Å². The summed E-state index contributed by atoms with van der Waals surface area (Å²) < 4.78 is 5.10. The fourth-order valence-electron chi connectivity index (χ4n) is 0.428. The number of halogens is 1. The molecule has 50 valence electrons. The molecule has 0 radical (unpaired) electrons. The molecule has 1 unspecified atom stereocenters. The Morgan fingerprint density at radius 3 is 2.38 bits per heavy atom. The summed E-state index contributed by atoms with van der Waals surface area (Å²) in [5, 5.41) is 0. The molecule has 1 atom stereocenters. The van der Waals surface area contributed by atoms with Gasteiger partial charge in [-0.15, -0.1) is 0 Å². The molecule has 0 aliphatic rings. The summed E-state index contributed by atoms with van der Waals surface area (Å²) in [7, 11) is 0. The van der Waals surface area contributed by atoms with Crippen LogP contribution >= 0.6 is 11.8 Å². The van der Waals surface area contributed by atoms with Crippen LogP contribution in [0.4, 0.5) is 0 Å². The number of nitrogens with one attached hydrogen (secondary N) is 1. The van der Waals surface area contributed by atoms with Gasteiger partial charge in [0.05, 0.1) is 0 Å². The van der Waals surface area contributed by atoms with Gasteiger partial charge in [0.1, 0.15) is 6.23 Å². The lowest BCUT2D eigenvalue weighted by atomic mass is 10.4. The zero-order chi connectivity index (χ0) is 6.41. The lowest BCUT2D eigenvalue weighted by Crippen LogP contribution is -2.22. The highest BCUT2D eigenvalue weighted by Gasteiger charge is 1.99. The molecular formula is C5H12ClNO. The van der Waals surface area contributed by atoms with E-state index in [9.17, 15) is 0 Å². The first kappa shape index (κ1) is 8.21. The Morgan fingerprint density at radius 2 is 2.25 bits per heavy atom. The van der Waals surface area contributed by atoms with E-state index in [1.807, 2.05) is 13.8 Å². The second-order valence-electron chi connectivity index (χ2n) is 1.46. The van der Waals surface area contributed by atoms with Gasteiger partial charge in [-0.05, 0) is 25.1 Å². The quantitative estimate of drug-likeness (QED) is 0.469. The minimum Gasteiger partial charge on any atom is -0.362 e. The Hall–Kier alpha value is 0.210. The zero-order valence-corrected chi connectivity index (χ0v) is 6.03. The number of rotatable bonds is 4. The van der Waals surface area contributed by atoms with E-state index < -0.39 is 0 Å². The van der Waals surface area contributed by atoms with Crippen LogP contribution in [0.5, 0.6) is 0 Å². The Morgan fingerprint density at radius 1 is 1.62 bits per heavy atom. The summed E-state index contributed by atoms with van der Waals surface area (Å²) >= 11 is 5.27. The van der Waals surface area contributed by atoms with Crippen LogP contribution in [0.25, 0.3) is 0 Å². The maximum atomic E-state index is 5.27. The highest BCUT2D eigenvalue weighted by atomic mass is 35.5. The molecular weight excluding hydrogens is 126 g/mol. The molecule has 8 heavy (non-hydrogen) atoms. The van der Waals surface area contributed by atoms with E-state index in [4.69, 9.17) is 16.5 Å². The maximum absolute atomic E-state index is 5.27. The Balaban J connectivity index is 3.07. The van der Waals surface area contributed by atoms with E-state index in [0.717, 1.165) is 6.42 Å². The lowest BCUT2D eigenvalue weighted by Gasteiger charge is -2.10. The van der Waals surface area contributed by atoms with Crippen LogP contribution < -0.4 is 4.84 Å². The van der Waals surface area contributed by atoms with Gasteiger partial charge >= 0.3 is 0 Å². The third-order valence-electron chi connectivity index (χ3n) is 0.860. The number of hydrogen-bond donors (Lipinski definition) is 1. The van der Waals surface area contributed by atoms with Gasteiger partial charge in [-0.2, -0.15) is 0 Å². The van der Waals surface area contributed by atoms with Crippen molar-refractivity contribution in [3.63, 3.8) is 0 Å². The first-order chi connectivity index (χ1) is 3.85. The summed E-state index contributed by atoms with van der Waals surface area (Å²) in [6, 6.07) is 0. The smallest absolute Gasteiger partial charge is 0.120 e. The van der Waals surface area contributed by atoms with Crippen LogP contribution in [0.2, 0.25) is 0 Å². The highest BCUT2D eigenvalue weighted by molar-refractivity contribution is 6.13. The van der Waals surface area contributed by atoms with Gasteiger partial charge < -0.3 is 4.74 Å². The minimum atomic E-state index is 0.0154. The molecule has 0 saturated carbocycles. The number of ether oxygens (including phenoxy) is 1. The molecule has 0 heterocycles. The van der Waals surface area contributed by atoms with Gasteiger partial charge in [0.25, 0.3) is 0 Å². The van der Waals surface area contributed by atoms with E-state index >= 15 is 0 Å². The van der Waals surface area contributed by atoms with Crippen molar-refractivity contribution in [2.45, 2.75) is 26.5 Å². The zero-order valence-electron chi connectivity index (χ0n) is 5.28. The van der Waals surface area contributed by atoms with E-state index in [1.54, 1.807) is 0 Å². The summed E-state index contributed by atoms with van der Waals surface area (Å²) in [5.41, 5.74) is 0. The van der Waals surface area contributed by atoms with Crippen molar-refractivity contribution >= 4 is 11.8 Å². The second kappa shape index (κ2) is 5.35. The summed E-state index contributed by atoms with van der Waals surface area (Å²) in [6.45, 7) is 4.66. The molecule has 0 saturated heterocycles. The Labute approximate surface area is 55.3 Å². The van der Waals surface area contributed by atoms with Crippen molar-refractivity contribution in [2.75, 3.05) is 6.61 Å². The number of hydrogen-bond acceptors (Lipinski definition) is 2. The van der Waals surface area contributed by atoms with Crippen molar-refractivity contribution in [1.82, 2.24) is 4.84 Å². The molecule has 1 N–H and O–H groups in total. The van der Waals surface area contributed by atoms with Gasteiger partial charge in [0.15, 0.2) is 0 Å². The molecule has 0 aliphatic carbocycles. The largest absolute Gasteiger partial charge is 0.362 e. The van der Waals surface area contributed by atoms with Crippen molar-refractivity contribution in [1.29, 1.82) is 0 Å². The van der Waals surface area contributed by atoms with Gasteiger partial charge in [-0.25, -0.2) is 4.84 Å². The van der Waals surface area contributed by atoms with E-state index in [1.165, 1.54) is 0 Å². The van der Waals surface area contributed by atoms with Crippen molar-refractivity contribution in [3.05, 3.63) is 0 Å². The minimum absolute atomic E-state index is 0.0154. The molecule has 2 nitrogen and oxygen atoms in total. The van der Waals surface area contributed by atoms with Crippen LogP contribution in [0.15, 0.2) is 0 Å². The van der Waals surface area contributed by atoms with E-state index in [0.29, 0.717) is 6.61 Å². The Bertz CT molecular complexity index is 47.7. The van der Waals surface area contributed by atoms with Crippen molar-refractivity contribution in [3.8, 4) is 0 Å². The molecule has 0 rings (SSSR count). The molecule has 0 aliphatic heterocycles. The van der Waals surface area contributed by atoms with Gasteiger partial charge in [0, 0.05) is 6.61 Å². The van der Waals surface area contributed by atoms with Gasteiger partial charge in [-0.3, -0.25) is 0 Å². The molecule has 0 spiro atoms. The van der Waals surface area contributed by atoms with Crippen LogP contribution in [-0.2, 0) is 4.74 Å². The molecule has 0 fully saturated rings. The Kier molecular flexibility index (Phi) is 5.49. The molecule has 0 aromatic heterocycles. The van der Waals surface area contributed by atoms with Crippen LogP contribution in [0.3, 0.4) is 0 Å². The monoisotopic (exact) mass is 137 g/mol. The predicted molar refractivity (Wildman–Crippen MR) is 34.7 cm³/mol. The third kappa shape index (κ3) is 3.24. The van der Waals surface area contributed by atoms with Crippen molar-refractivity contribution in [2.24, 2.45) is 0 Å². The van der Waals surface area contributed by atoms with E-state index in [2.05, 4.69) is 4.84 Å². The predicted octanol–water partition coefficient (Wildman–Crippen LogP) is 1.50. The molecule has 0 amide bonds. The molecule has 0 aromatic rings. The SMILES string of the molecule is CCOC(CC)NCl. The molecule has 0 bridgehead atoms. The standard InChI is InChI=1S/C5H12ClNO/c1-3-5(7-6)8-4-2/h5,7H,3-4H2,1-2H3. The van der Waals surface area contributed by atoms with Gasteiger partial charge in [-0.1, -0.05) is 6.92 Å². The maximum Gasteiger partial charge on any atom is 0.120 e. The van der Waals surface area contributed by atoms with E-state index in [-0.39, 0.29) is 6.23 Å². The van der Waals surface area contributed by atoms with Crippen LogP contribution in [0.1, 0.15) is 20.3 Å².